The molecule has 0 aromatic heterocycles. The van der Waals surface area contributed by atoms with E-state index in [0.717, 1.165) is 6.42 Å². The summed E-state index contributed by atoms with van der Waals surface area (Å²) in [5, 5.41) is 0. The van der Waals surface area contributed by atoms with E-state index in [1.54, 1.807) is 0 Å². The van der Waals surface area contributed by atoms with Crippen molar-refractivity contribution >= 4 is 7.74 Å². The standard InChI is InChI=1S/C6H17O5P/c1-3-5-6-11-12(7,8,9)10-4-2/h7-9H,3-6H2,1-2H3. The average molecular weight is 200 g/mol. The van der Waals surface area contributed by atoms with Crippen LogP contribution in [0.1, 0.15) is 26.7 Å². The van der Waals surface area contributed by atoms with Gasteiger partial charge in [-0.05, 0) is 0 Å². The van der Waals surface area contributed by atoms with Crippen LogP contribution in [0.5, 0.6) is 0 Å². The molecule has 0 rings (SSSR count). The quantitative estimate of drug-likeness (QED) is 0.439. The van der Waals surface area contributed by atoms with E-state index in [2.05, 4.69) is 9.05 Å². The van der Waals surface area contributed by atoms with Crippen molar-refractivity contribution in [2.24, 2.45) is 0 Å². The number of unbranched alkanes of at least 4 members (excludes halogenated alkanes) is 1. The zero-order chi connectivity index (χ0) is 9.69. The van der Waals surface area contributed by atoms with Gasteiger partial charge in [0.2, 0.25) is 0 Å². The fourth-order valence-corrected chi connectivity index (χ4v) is 1.61. The maximum atomic E-state index is 9.00. The molecule has 0 aliphatic carbocycles. The summed E-state index contributed by atoms with van der Waals surface area (Å²) < 4.78 is 8.81. The van der Waals surface area contributed by atoms with Gasteiger partial charge in [-0.2, -0.15) is 0 Å². The molecule has 0 aromatic rings. The summed E-state index contributed by atoms with van der Waals surface area (Å²) in [6.07, 6.45) is 1.49. The molecule has 0 aliphatic heterocycles. The fourth-order valence-electron chi connectivity index (χ4n) is 0.632. The van der Waals surface area contributed by atoms with Gasteiger partial charge >= 0.3 is 71.4 Å². The van der Waals surface area contributed by atoms with Crippen LogP contribution in [0.4, 0.5) is 0 Å². The van der Waals surface area contributed by atoms with Crippen LogP contribution in [-0.4, -0.2) is 27.9 Å². The molecule has 0 fully saturated rings. The van der Waals surface area contributed by atoms with Crippen molar-refractivity contribution in [1.82, 2.24) is 0 Å². The molecule has 0 unspecified atom stereocenters. The Morgan fingerprint density at radius 1 is 1.08 bits per heavy atom. The number of hydrogen-bond acceptors (Lipinski definition) is 5. The van der Waals surface area contributed by atoms with Crippen LogP contribution in [0.15, 0.2) is 0 Å². The third-order valence-corrected chi connectivity index (χ3v) is 2.51. The predicted molar refractivity (Wildman–Crippen MR) is 46.1 cm³/mol. The molecule has 0 aliphatic rings. The second-order valence-corrected chi connectivity index (χ2v) is 4.62. The minimum absolute atomic E-state index is 0.00650. The third-order valence-electron chi connectivity index (χ3n) is 1.17. The molecule has 76 valence electrons. The van der Waals surface area contributed by atoms with E-state index in [1.165, 1.54) is 6.92 Å². The van der Waals surface area contributed by atoms with Crippen molar-refractivity contribution in [2.75, 3.05) is 13.2 Å². The summed E-state index contributed by atoms with van der Waals surface area (Å²) in [7, 11) is -5.20. The molecule has 12 heavy (non-hydrogen) atoms. The van der Waals surface area contributed by atoms with Crippen molar-refractivity contribution in [3.8, 4) is 0 Å². The molecule has 0 amide bonds. The van der Waals surface area contributed by atoms with Crippen molar-refractivity contribution in [3.63, 3.8) is 0 Å². The SMILES string of the molecule is CCCCOP(O)(O)(O)OCC. The fraction of sp³-hybridized carbons (Fsp3) is 1.00. The van der Waals surface area contributed by atoms with E-state index in [-0.39, 0.29) is 13.2 Å². The van der Waals surface area contributed by atoms with Crippen LogP contribution >= 0.6 is 7.74 Å². The van der Waals surface area contributed by atoms with Gasteiger partial charge in [0.15, 0.2) is 0 Å². The molecule has 0 radical (unpaired) electrons. The van der Waals surface area contributed by atoms with Crippen LogP contribution in [0.25, 0.3) is 0 Å². The van der Waals surface area contributed by atoms with Gasteiger partial charge in [-0.25, -0.2) is 0 Å². The van der Waals surface area contributed by atoms with Crippen molar-refractivity contribution in [1.29, 1.82) is 0 Å². The van der Waals surface area contributed by atoms with Crippen molar-refractivity contribution in [2.45, 2.75) is 26.7 Å². The Kier molecular flexibility index (Phi) is 4.55. The van der Waals surface area contributed by atoms with E-state index in [9.17, 15) is 0 Å². The molecule has 5 nitrogen and oxygen atoms in total. The molecular weight excluding hydrogens is 183 g/mol. The molecule has 0 bridgehead atoms. The zero-order valence-electron chi connectivity index (χ0n) is 7.43. The molecule has 0 aromatic carbocycles. The van der Waals surface area contributed by atoms with E-state index in [1.807, 2.05) is 6.92 Å². The summed E-state index contributed by atoms with van der Waals surface area (Å²) in [6, 6.07) is 0. The van der Waals surface area contributed by atoms with Crippen molar-refractivity contribution < 1.29 is 23.7 Å². The summed E-state index contributed by atoms with van der Waals surface area (Å²) in [4.78, 5) is 27.0. The van der Waals surface area contributed by atoms with Crippen LogP contribution in [0.2, 0.25) is 0 Å². The Hall–Kier alpha value is 0.230. The summed E-state index contributed by atoms with van der Waals surface area (Å²) in [5.74, 6) is 0. The van der Waals surface area contributed by atoms with E-state index < -0.39 is 7.74 Å². The maximum absolute atomic E-state index is 9.00. The average Bonchev–Trinajstić information content (AvgIpc) is 1.86. The second-order valence-electron chi connectivity index (χ2n) is 2.44. The first-order chi connectivity index (χ1) is 5.39. The number of rotatable bonds is 6. The normalized spacial score (nSPS) is 15.6. The van der Waals surface area contributed by atoms with Gasteiger partial charge in [0.1, 0.15) is 0 Å². The van der Waals surface area contributed by atoms with Crippen LogP contribution in [-0.2, 0) is 9.05 Å². The van der Waals surface area contributed by atoms with E-state index in [4.69, 9.17) is 14.7 Å². The summed E-state index contributed by atoms with van der Waals surface area (Å²) >= 11 is 0. The van der Waals surface area contributed by atoms with Crippen LogP contribution < -0.4 is 0 Å². The number of hydrogen-bond donors (Lipinski definition) is 3. The van der Waals surface area contributed by atoms with E-state index in [0.29, 0.717) is 6.42 Å². The third kappa shape index (κ3) is 5.83. The van der Waals surface area contributed by atoms with Gasteiger partial charge in [0.25, 0.3) is 0 Å². The minimum atomic E-state index is -5.20. The topological polar surface area (TPSA) is 79.2 Å². The second kappa shape index (κ2) is 4.46. The van der Waals surface area contributed by atoms with Gasteiger partial charge < -0.3 is 0 Å². The Morgan fingerprint density at radius 2 is 1.67 bits per heavy atom. The van der Waals surface area contributed by atoms with Crippen molar-refractivity contribution in [3.05, 3.63) is 0 Å². The molecule has 3 N–H and O–H groups in total. The summed E-state index contributed by atoms with van der Waals surface area (Å²) in [5.41, 5.74) is 0. The Morgan fingerprint density at radius 3 is 2.08 bits per heavy atom. The van der Waals surface area contributed by atoms with Gasteiger partial charge in [-0.15, -0.1) is 0 Å². The Balaban J connectivity index is 3.82. The van der Waals surface area contributed by atoms with Gasteiger partial charge in [0, 0.05) is 0 Å². The molecular formula is C6H17O5P. The molecule has 0 saturated heterocycles. The molecule has 0 saturated carbocycles. The van der Waals surface area contributed by atoms with Gasteiger partial charge in [-0.3, -0.25) is 0 Å². The zero-order valence-corrected chi connectivity index (χ0v) is 8.33. The van der Waals surface area contributed by atoms with E-state index >= 15 is 0 Å². The van der Waals surface area contributed by atoms with Crippen LogP contribution in [0.3, 0.4) is 0 Å². The monoisotopic (exact) mass is 200 g/mol. The molecule has 0 spiro atoms. The Bertz CT molecular complexity index is 130. The molecule has 6 heteroatoms. The molecule has 0 atom stereocenters. The first kappa shape index (κ1) is 12.2. The first-order valence-corrected chi connectivity index (χ1v) is 5.89. The Labute approximate surface area is 72.3 Å². The van der Waals surface area contributed by atoms with Gasteiger partial charge in [-0.1, -0.05) is 0 Å². The summed E-state index contributed by atoms with van der Waals surface area (Å²) in [6.45, 7) is 3.53. The predicted octanol–water partition coefficient (Wildman–Crippen LogP) is 0.945. The molecule has 0 heterocycles. The van der Waals surface area contributed by atoms with Crippen LogP contribution in [0, 0.1) is 0 Å². The first-order valence-electron chi connectivity index (χ1n) is 3.96. The van der Waals surface area contributed by atoms with Gasteiger partial charge in [0.05, 0.1) is 0 Å².